The van der Waals surface area contributed by atoms with Gasteiger partial charge in [-0.05, 0) is 31.4 Å². The van der Waals surface area contributed by atoms with Crippen LogP contribution in [0, 0.1) is 5.92 Å². The fraction of sp³-hybridized carbons (Fsp3) is 0.846. The van der Waals surface area contributed by atoms with Crippen molar-refractivity contribution in [3.05, 3.63) is 0 Å². The molecule has 3 fully saturated rings. The van der Waals surface area contributed by atoms with E-state index >= 15 is 0 Å². The minimum atomic E-state index is -0.746. The van der Waals surface area contributed by atoms with Gasteiger partial charge in [0, 0.05) is 30.9 Å². The summed E-state index contributed by atoms with van der Waals surface area (Å²) in [6, 6.07) is 0.436. The van der Waals surface area contributed by atoms with Crippen molar-refractivity contribution in [2.45, 2.75) is 43.8 Å². The molecule has 0 aromatic heterocycles. The van der Waals surface area contributed by atoms with Gasteiger partial charge in [0.1, 0.15) is 0 Å². The Hall–Kier alpha value is -0.910. The summed E-state index contributed by atoms with van der Waals surface area (Å²) in [5.41, 5.74) is 0. The monoisotopic (exact) mass is 284 g/mol. The lowest BCUT2D eigenvalue weighted by molar-refractivity contribution is -0.142. The van der Waals surface area contributed by atoms with Crippen LogP contribution in [0.25, 0.3) is 0 Å². The quantitative estimate of drug-likeness (QED) is 0.834. The van der Waals surface area contributed by atoms with E-state index < -0.39 is 5.97 Å². The van der Waals surface area contributed by atoms with Gasteiger partial charge < -0.3 is 14.9 Å². The predicted octanol–water partition coefficient (Wildman–Crippen LogP) is 1.48. The van der Waals surface area contributed by atoms with Crippen molar-refractivity contribution in [3.8, 4) is 0 Å². The fourth-order valence-electron chi connectivity index (χ4n) is 3.72. The Morgan fingerprint density at radius 3 is 2.68 bits per heavy atom. The summed E-state index contributed by atoms with van der Waals surface area (Å²) in [5.74, 6) is 1.03. The van der Waals surface area contributed by atoms with Gasteiger partial charge in [-0.15, -0.1) is 0 Å². The maximum absolute atomic E-state index is 12.6. The van der Waals surface area contributed by atoms with Crippen molar-refractivity contribution >= 4 is 23.8 Å². The molecule has 3 heterocycles. The third kappa shape index (κ3) is 2.10. The van der Waals surface area contributed by atoms with Crippen LogP contribution in [0.5, 0.6) is 0 Å². The van der Waals surface area contributed by atoms with Gasteiger partial charge in [-0.2, -0.15) is 11.8 Å². The summed E-state index contributed by atoms with van der Waals surface area (Å²) in [7, 11) is 1.87. The van der Waals surface area contributed by atoms with Gasteiger partial charge in [-0.25, -0.2) is 4.79 Å². The maximum atomic E-state index is 12.6. The molecule has 4 atom stereocenters. The van der Waals surface area contributed by atoms with Crippen LogP contribution in [0.1, 0.15) is 25.7 Å². The van der Waals surface area contributed by atoms with E-state index in [-0.39, 0.29) is 24.0 Å². The summed E-state index contributed by atoms with van der Waals surface area (Å²) in [6.45, 7) is 0. The topological polar surface area (TPSA) is 60.9 Å². The van der Waals surface area contributed by atoms with Crippen LogP contribution in [-0.4, -0.2) is 63.6 Å². The van der Waals surface area contributed by atoms with Crippen molar-refractivity contribution in [1.82, 2.24) is 9.80 Å². The lowest BCUT2D eigenvalue weighted by atomic mass is 9.89. The minimum Gasteiger partial charge on any atom is -0.481 e. The van der Waals surface area contributed by atoms with Crippen molar-refractivity contribution in [2.24, 2.45) is 5.92 Å². The normalized spacial score (nSPS) is 36.8. The van der Waals surface area contributed by atoms with Crippen LogP contribution in [-0.2, 0) is 4.79 Å². The third-order valence-corrected chi connectivity index (χ3v) is 5.97. The second-order valence-electron chi connectivity index (χ2n) is 5.80. The van der Waals surface area contributed by atoms with Crippen LogP contribution >= 0.6 is 11.8 Å². The molecule has 4 unspecified atom stereocenters. The summed E-state index contributed by atoms with van der Waals surface area (Å²) in [5, 5.41) is 9.23. The number of hydrogen-bond acceptors (Lipinski definition) is 3. The number of thioether (sulfide) groups is 1. The van der Waals surface area contributed by atoms with Gasteiger partial charge in [0.15, 0.2) is 0 Å². The molecule has 3 saturated heterocycles. The standard InChI is InChI=1S/C13H20N2O3S/c1-14(9-4-5-19-7-9)13(18)15-8-2-3-11(15)10(6-8)12(16)17/h8-11H,2-7H2,1H3,(H,16,17). The molecule has 0 spiro atoms. The molecule has 0 aliphatic carbocycles. The SMILES string of the molecule is CN(C(=O)N1C2CCC1C(C(=O)O)C2)C1CCSC1. The highest BCUT2D eigenvalue weighted by molar-refractivity contribution is 7.99. The number of carbonyl (C=O) groups excluding carboxylic acids is 1. The second-order valence-corrected chi connectivity index (χ2v) is 6.95. The summed E-state index contributed by atoms with van der Waals surface area (Å²) in [4.78, 5) is 27.5. The largest absolute Gasteiger partial charge is 0.481 e. The van der Waals surface area contributed by atoms with Gasteiger partial charge in [-0.1, -0.05) is 0 Å². The number of carboxylic acids is 1. The number of hydrogen-bond donors (Lipinski definition) is 1. The van der Waals surface area contributed by atoms with Crippen LogP contribution < -0.4 is 0 Å². The van der Waals surface area contributed by atoms with Crippen molar-refractivity contribution in [1.29, 1.82) is 0 Å². The fourth-order valence-corrected chi connectivity index (χ4v) is 4.99. The number of fused-ring (bicyclic) bond motifs is 2. The highest BCUT2D eigenvalue weighted by Crippen LogP contribution is 2.42. The smallest absolute Gasteiger partial charge is 0.320 e. The Balaban J connectivity index is 1.72. The van der Waals surface area contributed by atoms with Gasteiger partial charge in [0.05, 0.1) is 5.92 Å². The second kappa shape index (κ2) is 4.89. The molecule has 19 heavy (non-hydrogen) atoms. The first kappa shape index (κ1) is 13.1. The number of urea groups is 1. The molecule has 6 heteroatoms. The van der Waals surface area contributed by atoms with E-state index in [9.17, 15) is 14.7 Å². The zero-order valence-corrected chi connectivity index (χ0v) is 11.9. The van der Waals surface area contributed by atoms with Gasteiger partial charge in [-0.3, -0.25) is 4.79 Å². The molecule has 2 amide bonds. The van der Waals surface area contributed by atoms with E-state index in [2.05, 4.69) is 0 Å². The van der Waals surface area contributed by atoms with Gasteiger partial charge >= 0.3 is 12.0 Å². The number of carbonyl (C=O) groups is 2. The molecule has 3 rings (SSSR count). The molecule has 2 bridgehead atoms. The Kier molecular flexibility index (Phi) is 3.37. The van der Waals surface area contributed by atoms with E-state index in [1.807, 2.05) is 28.6 Å². The first-order valence-electron chi connectivity index (χ1n) is 6.95. The van der Waals surface area contributed by atoms with Crippen molar-refractivity contribution < 1.29 is 14.7 Å². The third-order valence-electron chi connectivity index (χ3n) is 4.83. The first-order chi connectivity index (χ1) is 9.09. The number of nitrogens with zero attached hydrogens (tertiary/aromatic N) is 2. The van der Waals surface area contributed by atoms with E-state index in [1.165, 1.54) is 0 Å². The zero-order chi connectivity index (χ0) is 13.6. The van der Waals surface area contributed by atoms with E-state index in [1.54, 1.807) is 0 Å². The van der Waals surface area contributed by atoms with Gasteiger partial charge in [0.25, 0.3) is 0 Å². The molecule has 0 aromatic carbocycles. The Morgan fingerprint density at radius 2 is 2.11 bits per heavy atom. The summed E-state index contributed by atoms with van der Waals surface area (Å²) < 4.78 is 0. The summed E-state index contributed by atoms with van der Waals surface area (Å²) in [6.07, 6.45) is 3.51. The molecule has 0 radical (unpaired) electrons. The first-order valence-corrected chi connectivity index (χ1v) is 8.10. The number of rotatable bonds is 2. The zero-order valence-electron chi connectivity index (χ0n) is 11.1. The molecular weight excluding hydrogens is 264 g/mol. The molecule has 0 saturated carbocycles. The average Bonchev–Trinajstić information content (AvgIpc) is 3.11. The Bertz CT molecular complexity index is 397. The minimum absolute atomic E-state index is 0.0451. The lowest BCUT2D eigenvalue weighted by Crippen LogP contribution is -2.48. The molecule has 3 aliphatic rings. The van der Waals surface area contributed by atoms with Crippen molar-refractivity contribution in [3.63, 3.8) is 0 Å². The predicted molar refractivity (Wildman–Crippen MR) is 73.3 cm³/mol. The van der Waals surface area contributed by atoms with Crippen LogP contribution in [0.15, 0.2) is 0 Å². The highest BCUT2D eigenvalue weighted by Gasteiger charge is 2.52. The Morgan fingerprint density at radius 1 is 1.32 bits per heavy atom. The summed E-state index contributed by atoms with van der Waals surface area (Å²) >= 11 is 1.89. The average molecular weight is 284 g/mol. The van der Waals surface area contributed by atoms with Crippen LogP contribution in [0.3, 0.4) is 0 Å². The maximum Gasteiger partial charge on any atom is 0.320 e. The number of carboxylic acid groups (broad SMARTS) is 1. The molecule has 106 valence electrons. The van der Waals surface area contributed by atoms with E-state index in [0.717, 1.165) is 30.8 Å². The molecule has 1 N–H and O–H groups in total. The molecule has 5 nitrogen and oxygen atoms in total. The van der Waals surface area contributed by atoms with Crippen molar-refractivity contribution in [2.75, 3.05) is 18.6 Å². The molecule has 3 aliphatic heterocycles. The number of aliphatic carboxylic acids is 1. The Labute approximate surface area is 117 Å². The highest BCUT2D eigenvalue weighted by atomic mass is 32.2. The lowest BCUT2D eigenvalue weighted by Gasteiger charge is -2.32. The van der Waals surface area contributed by atoms with E-state index in [0.29, 0.717) is 12.5 Å². The molecular formula is C13H20N2O3S. The van der Waals surface area contributed by atoms with Gasteiger partial charge in [0.2, 0.25) is 0 Å². The van der Waals surface area contributed by atoms with Crippen LogP contribution in [0.4, 0.5) is 4.79 Å². The number of amides is 2. The molecule has 0 aromatic rings. The van der Waals surface area contributed by atoms with Crippen LogP contribution in [0.2, 0.25) is 0 Å². The van der Waals surface area contributed by atoms with E-state index in [4.69, 9.17) is 0 Å².